The Morgan fingerprint density at radius 2 is 1.69 bits per heavy atom. The lowest BCUT2D eigenvalue weighted by atomic mass is 9.89. The van der Waals surface area contributed by atoms with Crippen molar-refractivity contribution in [2.45, 2.75) is 46.0 Å². The van der Waals surface area contributed by atoms with Crippen LogP contribution in [0, 0.1) is 5.41 Å². The number of aliphatic hydroxyl groups excluding tert-OH is 1. The lowest BCUT2D eigenvalue weighted by molar-refractivity contribution is -0.119. The first-order valence-corrected chi connectivity index (χ1v) is 15.4. The molecule has 4 aromatic rings. The van der Waals surface area contributed by atoms with Gasteiger partial charge in [0.2, 0.25) is 5.91 Å². The van der Waals surface area contributed by atoms with E-state index in [0.29, 0.717) is 41.6 Å². The standard InChI is InChI=1S/C35H42N6O4/c1-35(2,3)23-32(43)41(28-9-10-30-27(21-28)14-18-40(30)34(45)36-4)29-11-15-37-31(22-29)38-33(44)26-7-5-24(6-8-26)25-12-16-39(17-13-25)19-20-42/h5-11,14-15,18,21-22,25,42H,12-13,16-17,19-20,23H2,1-4H3,(H,36,45)(H,37,38,44). The largest absolute Gasteiger partial charge is 0.395 e. The summed E-state index contributed by atoms with van der Waals surface area (Å²) in [5, 5.41) is 15.5. The van der Waals surface area contributed by atoms with E-state index >= 15 is 0 Å². The number of aromatic nitrogens is 2. The van der Waals surface area contributed by atoms with E-state index in [1.807, 2.05) is 69.3 Å². The van der Waals surface area contributed by atoms with E-state index in [1.54, 1.807) is 36.5 Å². The molecule has 5 rings (SSSR count). The topological polar surface area (TPSA) is 120 Å². The third kappa shape index (κ3) is 7.58. The van der Waals surface area contributed by atoms with Gasteiger partial charge < -0.3 is 20.6 Å². The average Bonchev–Trinajstić information content (AvgIpc) is 3.44. The fourth-order valence-electron chi connectivity index (χ4n) is 5.89. The first-order valence-electron chi connectivity index (χ1n) is 15.4. The molecule has 1 aliphatic rings. The zero-order valence-corrected chi connectivity index (χ0v) is 26.4. The van der Waals surface area contributed by atoms with Crippen LogP contribution in [0.3, 0.4) is 0 Å². The zero-order chi connectivity index (χ0) is 32.1. The molecule has 10 heteroatoms. The van der Waals surface area contributed by atoms with Crippen LogP contribution in [-0.2, 0) is 4.79 Å². The van der Waals surface area contributed by atoms with Crippen LogP contribution in [0.1, 0.15) is 61.9 Å². The van der Waals surface area contributed by atoms with E-state index in [4.69, 9.17) is 0 Å². The van der Waals surface area contributed by atoms with Gasteiger partial charge in [0.1, 0.15) is 5.82 Å². The normalized spacial score (nSPS) is 14.3. The molecule has 1 saturated heterocycles. The van der Waals surface area contributed by atoms with E-state index < -0.39 is 0 Å². The molecule has 0 saturated carbocycles. The van der Waals surface area contributed by atoms with Crippen LogP contribution < -0.4 is 15.5 Å². The number of aliphatic hydroxyl groups is 1. The van der Waals surface area contributed by atoms with Gasteiger partial charge in [-0.3, -0.25) is 19.1 Å². The molecule has 3 N–H and O–H groups in total. The van der Waals surface area contributed by atoms with E-state index in [9.17, 15) is 19.5 Å². The third-order valence-electron chi connectivity index (χ3n) is 8.19. The number of hydrogen-bond acceptors (Lipinski definition) is 6. The molecule has 10 nitrogen and oxygen atoms in total. The molecule has 45 heavy (non-hydrogen) atoms. The Morgan fingerprint density at radius 3 is 2.36 bits per heavy atom. The molecule has 1 fully saturated rings. The maximum atomic E-state index is 13.8. The van der Waals surface area contributed by atoms with Gasteiger partial charge in [-0.05, 0) is 85.3 Å². The van der Waals surface area contributed by atoms with E-state index in [2.05, 4.69) is 20.5 Å². The second-order valence-electron chi connectivity index (χ2n) is 12.8. The summed E-state index contributed by atoms with van der Waals surface area (Å²) in [6, 6.07) is 18.3. The lowest BCUT2D eigenvalue weighted by Gasteiger charge is -2.31. The first-order chi connectivity index (χ1) is 21.6. The number of anilines is 3. The van der Waals surface area contributed by atoms with Crippen molar-refractivity contribution in [1.82, 2.24) is 19.8 Å². The maximum absolute atomic E-state index is 13.8. The number of rotatable bonds is 8. The van der Waals surface area contributed by atoms with Crippen LogP contribution in [-0.4, -0.2) is 70.7 Å². The number of likely N-dealkylation sites (tertiary alicyclic amines) is 1. The Bertz CT molecular complexity index is 1670. The molecule has 0 radical (unpaired) electrons. The second kappa shape index (κ2) is 13.6. The number of nitrogens with zero attached hydrogens (tertiary/aromatic N) is 4. The number of benzene rings is 2. The average molecular weight is 611 g/mol. The molecule has 0 atom stereocenters. The fourth-order valence-corrected chi connectivity index (χ4v) is 5.89. The highest BCUT2D eigenvalue weighted by atomic mass is 16.3. The van der Waals surface area contributed by atoms with Crippen molar-refractivity contribution < 1.29 is 19.5 Å². The molecule has 3 heterocycles. The number of fused-ring (bicyclic) bond motifs is 1. The summed E-state index contributed by atoms with van der Waals surface area (Å²) < 4.78 is 1.52. The van der Waals surface area contributed by atoms with Crippen LogP contribution >= 0.6 is 0 Å². The number of amides is 3. The molecule has 2 aromatic heterocycles. The van der Waals surface area contributed by atoms with Crippen molar-refractivity contribution in [3.8, 4) is 0 Å². The van der Waals surface area contributed by atoms with Gasteiger partial charge in [-0.25, -0.2) is 9.78 Å². The molecular formula is C35H42N6O4. The number of β-amino-alcohol motifs (C(OH)–C–C–N with tert-alkyl or cyclic N) is 1. The minimum Gasteiger partial charge on any atom is -0.395 e. The summed E-state index contributed by atoms with van der Waals surface area (Å²) in [4.78, 5) is 47.5. The Morgan fingerprint density at radius 1 is 0.978 bits per heavy atom. The summed E-state index contributed by atoms with van der Waals surface area (Å²) >= 11 is 0. The summed E-state index contributed by atoms with van der Waals surface area (Å²) in [5.41, 5.74) is 3.42. The van der Waals surface area contributed by atoms with Crippen LogP contribution in [0.2, 0.25) is 0 Å². The fraction of sp³-hybridized carbons (Fsp3) is 0.371. The second-order valence-corrected chi connectivity index (χ2v) is 12.8. The predicted molar refractivity (Wildman–Crippen MR) is 177 cm³/mol. The molecule has 0 unspecified atom stereocenters. The van der Waals surface area contributed by atoms with Gasteiger partial charge in [0, 0.05) is 55.1 Å². The maximum Gasteiger partial charge on any atom is 0.325 e. The number of carbonyl (C=O) groups excluding carboxylic acids is 3. The predicted octanol–water partition coefficient (Wildman–Crippen LogP) is 5.75. The Labute approximate surface area is 264 Å². The minimum atomic E-state index is -0.284. The Hall–Kier alpha value is -4.54. The van der Waals surface area contributed by atoms with Gasteiger partial charge >= 0.3 is 6.03 Å². The van der Waals surface area contributed by atoms with Gasteiger partial charge in [-0.15, -0.1) is 0 Å². The van der Waals surface area contributed by atoms with Gasteiger partial charge in [-0.1, -0.05) is 32.9 Å². The van der Waals surface area contributed by atoms with Gasteiger partial charge in [0.25, 0.3) is 5.91 Å². The van der Waals surface area contributed by atoms with Crippen LogP contribution in [0.4, 0.5) is 22.0 Å². The van der Waals surface area contributed by atoms with Gasteiger partial charge in [0.05, 0.1) is 17.8 Å². The van der Waals surface area contributed by atoms with Gasteiger partial charge in [0.15, 0.2) is 0 Å². The highest BCUT2D eigenvalue weighted by molar-refractivity contribution is 6.06. The van der Waals surface area contributed by atoms with Crippen molar-refractivity contribution in [2.24, 2.45) is 5.41 Å². The van der Waals surface area contributed by atoms with Crippen molar-refractivity contribution >= 4 is 45.9 Å². The van der Waals surface area contributed by atoms with Crippen LogP contribution in [0.15, 0.2) is 73.1 Å². The quantitative estimate of drug-likeness (QED) is 0.234. The minimum absolute atomic E-state index is 0.103. The van der Waals surface area contributed by atoms with Crippen LogP contribution in [0.5, 0.6) is 0 Å². The molecule has 3 amide bonds. The summed E-state index contributed by atoms with van der Waals surface area (Å²) in [7, 11) is 1.58. The number of nitrogens with one attached hydrogen (secondary N) is 2. The Kier molecular flexibility index (Phi) is 9.65. The number of pyridine rings is 1. The van der Waals surface area contributed by atoms with Crippen LogP contribution in [0.25, 0.3) is 10.9 Å². The lowest BCUT2D eigenvalue weighted by Crippen LogP contribution is -2.34. The zero-order valence-electron chi connectivity index (χ0n) is 26.4. The highest BCUT2D eigenvalue weighted by Crippen LogP contribution is 2.33. The summed E-state index contributed by atoms with van der Waals surface area (Å²) in [6.45, 7) is 8.86. The van der Waals surface area contributed by atoms with E-state index in [1.165, 1.54) is 10.1 Å². The molecule has 236 valence electrons. The third-order valence-corrected chi connectivity index (χ3v) is 8.19. The van der Waals surface area contributed by atoms with Crippen molar-refractivity contribution in [2.75, 3.05) is 43.5 Å². The Balaban J connectivity index is 1.36. The summed E-state index contributed by atoms with van der Waals surface area (Å²) in [5.74, 6) is 0.383. The number of carbonyl (C=O) groups is 3. The molecule has 0 aliphatic carbocycles. The highest BCUT2D eigenvalue weighted by Gasteiger charge is 2.25. The van der Waals surface area contributed by atoms with E-state index in [0.717, 1.165) is 36.8 Å². The first kappa shape index (κ1) is 31.9. The number of piperidine rings is 1. The molecule has 2 aromatic carbocycles. The van der Waals surface area contributed by atoms with Crippen molar-refractivity contribution in [1.29, 1.82) is 0 Å². The molecule has 1 aliphatic heterocycles. The van der Waals surface area contributed by atoms with Crippen molar-refractivity contribution in [3.63, 3.8) is 0 Å². The molecule has 0 spiro atoms. The smallest absolute Gasteiger partial charge is 0.325 e. The summed E-state index contributed by atoms with van der Waals surface area (Å²) in [6.07, 6.45) is 5.62. The number of hydrogen-bond donors (Lipinski definition) is 3. The van der Waals surface area contributed by atoms with Gasteiger partial charge in [-0.2, -0.15) is 0 Å². The molecular weight excluding hydrogens is 568 g/mol. The SMILES string of the molecule is CNC(=O)n1ccc2cc(N(C(=O)CC(C)(C)C)c3ccnc(NC(=O)c4ccc(C5CCN(CCO)CC5)cc4)c3)ccc21. The monoisotopic (exact) mass is 610 g/mol. The molecule has 0 bridgehead atoms. The van der Waals surface area contributed by atoms with E-state index in [-0.39, 0.29) is 29.9 Å². The van der Waals surface area contributed by atoms with Crippen molar-refractivity contribution in [3.05, 3.63) is 84.2 Å².